The third-order valence-electron chi connectivity index (χ3n) is 2.22. The van der Waals surface area contributed by atoms with Crippen molar-refractivity contribution >= 4 is 17.9 Å². The first kappa shape index (κ1) is 18.1. The summed E-state index contributed by atoms with van der Waals surface area (Å²) in [6, 6.07) is 0. The van der Waals surface area contributed by atoms with Gasteiger partial charge in [-0.05, 0) is 13.0 Å². The van der Waals surface area contributed by atoms with Gasteiger partial charge in [-0.25, -0.2) is 9.37 Å². The zero-order chi connectivity index (χ0) is 14.1. The second-order valence-electron chi connectivity index (χ2n) is 3.27. The van der Waals surface area contributed by atoms with E-state index in [0.29, 0.717) is 6.54 Å². The standard InChI is InChI=1S/C8H23FN2O5Si2/c1-6-7-10-17(12-2,13-3)16-18(14-4,15-5)11-8-9/h10-11H,6-8H2,1-5H3. The number of halogens is 1. The minimum absolute atomic E-state index is 0.640. The molecule has 0 unspecified atom stereocenters. The Kier molecular flexibility index (Phi) is 9.10. The van der Waals surface area contributed by atoms with Gasteiger partial charge in [0.1, 0.15) is 6.80 Å². The molecule has 0 atom stereocenters. The first-order chi connectivity index (χ1) is 8.57. The fourth-order valence-corrected chi connectivity index (χ4v) is 6.19. The van der Waals surface area contributed by atoms with Gasteiger partial charge in [0, 0.05) is 28.4 Å². The number of alkyl halides is 1. The maximum absolute atomic E-state index is 12.5. The summed E-state index contributed by atoms with van der Waals surface area (Å²) in [5.74, 6) is 0. The molecule has 0 aliphatic carbocycles. The predicted molar refractivity (Wildman–Crippen MR) is 68.0 cm³/mol. The molecule has 0 rings (SSSR count). The van der Waals surface area contributed by atoms with E-state index >= 15 is 0 Å². The first-order valence-electron chi connectivity index (χ1n) is 5.54. The van der Waals surface area contributed by atoms with Crippen LogP contribution in [0, 0.1) is 0 Å². The Bertz CT molecular complexity index is 220. The summed E-state index contributed by atoms with van der Waals surface area (Å²) < 4.78 is 39.1. The fraction of sp³-hybridized carbons (Fsp3) is 1.00. The smallest absolute Gasteiger partial charge is 0.365 e. The molecule has 0 aliphatic heterocycles. The van der Waals surface area contributed by atoms with E-state index in [4.69, 9.17) is 21.8 Å². The van der Waals surface area contributed by atoms with Gasteiger partial charge in [-0.15, -0.1) is 0 Å². The minimum Gasteiger partial charge on any atom is -0.365 e. The van der Waals surface area contributed by atoms with Gasteiger partial charge < -0.3 is 21.8 Å². The zero-order valence-corrected chi connectivity index (χ0v) is 13.5. The van der Waals surface area contributed by atoms with Crippen LogP contribution in [0.5, 0.6) is 0 Å². The van der Waals surface area contributed by atoms with Crippen molar-refractivity contribution in [2.75, 3.05) is 41.8 Å². The molecule has 0 amide bonds. The van der Waals surface area contributed by atoms with Crippen LogP contribution in [0.25, 0.3) is 0 Å². The number of rotatable bonds is 11. The summed E-state index contributed by atoms with van der Waals surface area (Å²) in [5, 5.41) is 0. The molecular weight excluding hydrogens is 279 g/mol. The molecule has 0 saturated heterocycles. The van der Waals surface area contributed by atoms with Crippen molar-refractivity contribution in [3.8, 4) is 0 Å². The van der Waals surface area contributed by atoms with Crippen molar-refractivity contribution in [3.63, 3.8) is 0 Å². The van der Waals surface area contributed by atoms with Gasteiger partial charge >= 0.3 is 17.9 Å². The van der Waals surface area contributed by atoms with E-state index < -0.39 is 24.7 Å². The van der Waals surface area contributed by atoms with Crippen molar-refractivity contribution < 1.29 is 26.2 Å². The lowest BCUT2D eigenvalue weighted by Crippen LogP contribution is -2.70. The molecule has 2 N–H and O–H groups in total. The van der Waals surface area contributed by atoms with Crippen LogP contribution in [0.2, 0.25) is 0 Å². The van der Waals surface area contributed by atoms with E-state index in [0.717, 1.165) is 6.42 Å². The lowest BCUT2D eigenvalue weighted by Gasteiger charge is -2.34. The molecule has 7 nitrogen and oxygen atoms in total. The topological polar surface area (TPSA) is 70.2 Å². The second-order valence-corrected chi connectivity index (χ2v) is 8.65. The van der Waals surface area contributed by atoms with Crippen LogP contribution < -0.4 is 9.96 Å². The Morgan fingerprint density at radius 3 is 1.67 bits per heavy atom. The molecule has 0 saturated carbocycles. The average molecular weight is 302 g/mol. The molecule has 0 bridgehead atoms. The Hall–Kier alpha value is 0.0838. The van der Waals surface area contributed by atoms with Gasteiger partial charge in [0.15, 0.2) is 0 Å². The van der Waals surface area contributed by atoms with Crippen molar-refractivity contribution in [2.45, 2.75) is 13.3 Å². The quantitative estimate of drug-likeness (QED) is 0.410. The molecule has 0 radical (unpaired) electrons. The third kappa shape index (κ3) is 4.99. The van der Waals surface area contributed by atoms with E-state index in [-0.39, 0.29) is 0 Å². The molecule has 0 aromatic carbocycles. The minimum atomic E-state index is -3.35. The molecule has 0 heterocycles. The Labute approximate surface area is 110 Å². The van der Waals surface area contributed by atoms with Gasteiger partial charge in [0.05, 0.1) is 0 Å². The second kappa shape index (κ2) is 9.06. The summed E-state index contributed by atoms with van der Waals surface area (Å²) in [6.07, 6.45) is 0.871. The van der Waals surface area contributed by atoms with Crippen molar-refractivity contribution in [1.29, 1.82) is 0 Å². The number of nitrogens with one attached hydrogen (secondary N) is 2. The summed E-state index contributed by atoms with van der Waals surface area (Å²) >= 11 is 0. The largest absolute Gasteiger partial charge is 0.591 e. The van der Waals surface area contributed by atoms with Crippen LogP contribution in [-0.4, -0.2) is 59.7 Å². The van der Waals surface area contributed by atoms with Crippen molar-refractivity contribution in [2.24, 2.45) is 0 Å². The van der Waals surface area contributed by atoms with Gasteiger partial charge in [0.25, 0.3) is 0 Å². The third-order valence-corrected chi connectivity index (χ3v) is 7.77. The van der Waals surface area contributed by atoms with Gasteiger partial charge in [0.2, 0.25) is 0 Å². The molecule has 0 aromatic rings. The van der Waals surface area contributed by atoms with E-state index in [9.17, 15) is 4.39 Å². The van der Waals surface area contributed by atoms with E-state index in [1.165, 1.54) is 28.4 Å². The Morgan fingerprint density at radius 2 is 1.33 bits per heavy atom. The molecule has 0 spiro atoms. The lowest BCUT2D eigenvalue weighted by molar-refractivity contribution is 0.0684. The van der Waals surface area contributed by atoms with Gasteiger partial charge in [-0.1, -0.05) is 6.92 Å². The highest BCUT2D eigenvalue weighted by Gasteiger charge is 2.53. The molecule has 18 heavy (non-hydrogen) atoms. The maximum atomic E-state index is 12.5. The monoisotopic (exact) mass is 302 g/mol. The Morgan fingerprint density at radius 1 is 0.889 bits per heavy atom. The summed E-state index contributed by atoms with van der Waals surface area (Å²) in [7, 11) is -0.824. The van der Waals surface area contributed by atoms with E-state index in [1.54, 1.807) is 0 Å². The summed E-state index contributed by atoms with van der Waals surface area (Å²) in [4.78, 5) is 5.49. The highest BCUT2D eigenvalue weighted by Crippen LogP contribution is 2.13. The molecule has 10 heteroatoms. The molecule has 0 fully saturated rings. The molecule has 0 aliphatic rings. The lowest BCUT2D eigenvalue weighted by atomic mass is 10.5. The van der Waals surface area contributed by atoms with Crippen molar-refractivity contribution in [3.05, 3.63) is 0 Å². The average Bonchev–Trinajstić information content (AvgIpc) is 2.43. The van der Waals surface area contributed by atoms with Crippen LogP contribution in [0.4, 0.5) is 4.39 Å². The van der Waals surface area contributed by atoms with Crippen molar-refractivity contribution in [1.82, 2.24) is 9.96 Å². The number of hydrogen-bond acceptors (Lipinski definition) is 7. The summed E-state index contributed by atoms with van der Waals surface area (Å²) in [6.45, 7) is 1.80. The highest BCUT2D eigenvalue weighted by molar-refractivity contribution is 6.72. The van der Waals surface area contributed by atoms with Crippen LogP contribution >= 0.6 is 0 Å². The molecular formula is C8H23FN2O5Si2. The van der Waals surface area contributed by atoms with Gasteiger partial charge in [-0.2, -0.15) is 0 Å². The normalized spacial score (nSPS) is 13.0. The predicted octanol–water partition coefficient (Wildman–Crippen LogP) is -0.0240. The highest BCUT2D eigenvalue weighted by atomic mass is 28.5. The van der Waals surface area contributed by atoms with E-state index in [1.807, 2.05) is 6.92 Å². The SMILES string of the molecule is CCCN[Si](OC)(OC)O[Si](NCF)(OC)OC. The van der Waals surface area contributed by atoms with Crippen LogP contribution in [0.15, 0.2) is 0 Å². The van der Waals surface area contributed by atoms with Gasteiger partial charge in [-0.3, -0.25) is 4.98 Å². The molecule has 0 aromatic heterocycles. The summed E-state index contributed by atoms with van der Waals surface area (Å²) in [5.41, 5.74) is 0. The number of hydrogen-bond donors (Lipinski definition) is 2. The maximum Gasteiger partial charge on any atom is 0.591 e. The molecule has 110 valence electrons. The fourth-order valence-electron chi connectivity index (χ4n) is 1.23. The van der Waals surface area contributed by atoms with E-state index in [2.05, 4.69) is 9.96 Å². The zero-order valence-electron chi connectivity index (χ0n) is 11.5. The van der Waals surface area contributed by atoms with Crippen LogP contribution in [0.1, 0.15) is 13.3 Å². The van der Waals surface area contributed by atoms with Crippen LogP contribution in [-0.2, 0) is 21.8 Å². The van der Waals surface area contributed by atoms with Crippen LogP contribution in [0.3, 0.4) is 0 Å². The Balaban J connectivity index is 4.89. The first-order valence-corrected chi connectivity index (χ1v) is 8.99.